The molecule has 0 atom stereocenters. The second-order valence-electron chi connectivity index (χ2n) is 3.99. The third kappa shape index (κ3) is 3.65. The lowest BCUT2D eigenvalue weighted by Gasteiger charge is -2.06. The number of hydrogen-bond acceptors (Lipinski definition) is 3. The Morgan fingerprint density at radius 1 is 0.950 bits per heavy atom. The summed E-state index contributed by atoms with van der Waals surface area (Å²) in [5, 5.41) is 1.09. The molecule has 104 valence electrons. The van der Waals surface area contributed by atoms with Crippen LogP contribution in [0.1, 0.15) is 5.56 Å². The van der Waals surface area contributed by atoms with E-state index < -0.39 is 0 Å². The number of rotatable bonds is 4. The van der Waals surface area contributed by atoms with Gasteiger partial charge in [0.1, 0.15) is 11.5 Å². The fourth-order valence-electron chi connectivity index (χ4n) is 1.70. The van der Waals surface area contributed by atoms with Crippen molar-refractivity contribution in [2.45, 2.75) is 0 Å². The monoisotopic (exact) mass is 309 g/mol. The standard InChI is InChI=1S/C15H13Cl2NO2/c1-19-14-3-4-15(20-2)10(5-14)9-18-13-7-11(16)6-12(17)8-13/h3-9H,1-2H3. The molecule has 3 nitrogen and oxygen atoms in total. The summed E-state index contributed by atoms with van der Waals surface area (Å²) in [5.41, 5.74) is 1.48. The highest BCUT2D eigenvalue weighted by molar-refractivity contribution is 6.35. The van der Waals surface area contributed by atoms with Crippen LogP contribution >= 0.6 is 23.2 Å². The van der Waals surface area contributed by atoms with Gasteiger partial charge in [0.25, 0.3) is 0 Å². The zero-order valence-corrected chi connectivity index (χ0v) is 12.6. The quantitative estimate of drug-likeness (QED) is 0.762. The number of benzene rings is 2. The molecule has 0 radical (unpaired) electrons. The van der Waals surface area contributed by atoms with Gasteiger partial charge in [0.2, 0.25) is 0 Å². The maximum Gasteiger partial charge on any atom is 0.127 e. The normalized spacial score (nSPS) is 10.8. The minimum atomic E-state index is 0.544. The Labute approximate surface area is 127 Å². The maximum atomic E-state index is 5.94. The fraction of sp³-hybridized carbons (Fsp3) is 0.133. The number of halogens is 2. The van der Waals surface area contributed by atoms with Crippen molar-refractivity contribution in [3.05, 3.63) is 52.0 Å². The largest absolute Gasteiger partial charge is 0.497 e. The van der Waals surface area contributed by atoms with Crippen LogP contribution in [0.5, 0.6) is 11.5 Å². The van der Waals surface area contributed by atoms with Crippen molar-refractivity contribution in [2.24, 2.45) is 4.99 Å². The van der Waals surface area contributed by atoms with Gasteiger partial charge in [0, 0.05) is 21.8 Å². The van der Waals surface area contributed by atoms with E-state index in [1.54, 1.807) is 38.6 Å². The highest BCUT2D eigenvalue weighted by Gasteiger charge is 2.03. The first-order chi connectivity index (χ1) is 9.62. The molecule has 2 aromatic rings. The second kappa shape index (κ2) is 6.64. The lowest BCUT2D eigenvalue weighted by molar-refractivity contribution is 0.402. The molecule has 0 aliphatic heterocycles. The van der Waals surface area contributed by atoms with E-state index in [0.717, 1.165) is 11.3 Å². The first-order valence-electron chi connectivity index (χ1n) is 5.84. The van der Waals surface area contributed by atoms with E-state index in [1.807, 2.05) is 18.2 Å². The van der Waals surface area contributed by atoms with Crippen LogP contribution in [0, 0.1) is 0 Å². The lowest BCUT2D eigenvalue weighted by Crippen LogP contribution is -1.92. The molecular formula is C15H13Cl2NO2. The van der Waals surface area contributed by atoms with E-state index in [4.69, 9.17) is 32.7 Å². The molecule has 0 aliphatic rings. The molecule has 0 saturated heterocycles. The minimum absolute atomic E-state index is 0.544. The van der Waals surface area contributed by atoms with Crippen LogP contribution in [0.15, 0.2) is 41.4 Å². The zero-order chi connectivity index (χ0) is 14.5. The summed E-state index contributed by atoms with van der Waals surface area (Å²) in [5.74, 6) is 1.44. The van der Waals surface area contributed by atoms with Crippen molar-refractivity contribution in [1.82, 2.24) is 0 Å². The summed E-state index contributed by atoms with van der Waals surface area (Å²) >= 11 is 11.9. The average Bonchev–Trinajstić information content (AvgIpc) is 2.43. The summed E-state index contributed by atoms with van der Waals surface area (Å²) in [7, 11) is 3.22. The van der Waals surface area contributed by atoms with Crippen molar-refractivity contribution >= 4 is 35.1 Å². The van der Waals surface area contributed by atoms with Crippen LogP contribution in [0.25, 0.3) is 0 Å². The van der Waals surface area contributed by atoms with Crippen LogP contribution in [0.2, 0.25) is 10.0 Å². The van der Waals surface area contributed by atoms with Crippen molar-refractivity contribution in [2.75, 3.05) is 14.2 Å². The molecule has 2 aromatic carbocycles. The molecule has 0 aromatic heterocycles. The molecule has 0 fully saturated rings. The van der Waals surface area contributed by atoms with Gasteiger partial charge in [-0.25, -0.2) is 0 Å². The van der Waals surface area contributed by atoms with E-state index in [-0.39, 0.29) is 0 Å². The van der Waals surface area contributed by atoms with Crippen LogP contribution < -0.4 is 9.47 Å². The van der Waals surface area contributed by atoms with Gasteiger partial charge in [0.15, 0.2) is 0 Å². The van der Waals surface area contributed by atoms with Crippen LogP contribution in [0.3, 0.4) is 0 Å². The van der Waals surface area contributed by atoms with Gasteiger partial charge in [-0.15, -0.1) is 0 Å². The Balaban J connectivity index is 2.34. The number of hydrogen-bond donors (Lipinski definition) is 0. The molecule has 5 heteroatoms. The summed E-state index contributed by atoms with van der Waals surface area (Å²) in [4.78, 5) is 4.35. The van der Waals surface area contributed by atoms with Gasteiger partial charge in [0.05, 0.1) is 19.9 Å². The molecule has 0 spiro atoms. The van der Waals surface area contributed by atoms with Crippen molar-refractivity contribution in [3.8, 4) is 11.5 Å². The van der Waals surface area contributed by atoms with Gasteiger partial charge < -0.3 is 9.47 Å². The smallest absolute Gasteiger partial charge is 0.127 e. The number of methoxy groups -OCH3 is 2. The van der Waals surface area contributed by atoms with E-state index in [1.165, 1.54) is 0 Å². The number of ether oxygens (including phenoxy) is 2. The Morgan fingerprint density at radius 2 is 1.65 bits per heavy atom. The molecule has 0 unspecified atom stereocenters. The molecule has 0 saturated carbocycles. The van der Waals surface area contributed by atoms with Gasteiger partial charge in [-0.2, -0.15) is 0 Å². The summed E-state index contributed by atoms with van der Waals surface area (Å²) in [6.45, 7) is 0. The highest BCUT2D eigenvalue weighted by Crippen LogP contribution is 2.26. The minimum Gasteiger partial charge on any atom is -0.497 e. The Kier molecular flexibility index (Phi) is 4.88. The average molecular weight is 310 g/mol. The van der Waals surface area contributed by atoms with E-state index in [9.17, 15) is 0 Å². The molecule has 0 N–H and O–H groups in total. The molecule has 0 amide bonds. The Morgan fingerprint density at radius 3 is 2.25 bits per heavy atom. The topological polar surface area (TPSA) is 30.8 Å². The van der Waals surface area contributed by atoms with E-state index in [2.05, 4.69) is 4.99 Å². The first-order valence-corrected chi connectivity index (χ1v) is 6.60. The highest BCUT2D eigenvalue weighted by atomic mass is 35.5. The summed E-state index contributed by atoms with van der Waals surface area (Å²) in [6, 6.07) is 10.6. The predicted octanol–water partition coefficient (Wildman–Crippen LogP) is 4.76. The van der Waals surface area contributed by atoms with E-state index in [0.29, 0.717) is 21.5 Å². The number of nitrogens with zero attached hydrogens (tertiary/aromatic N) is 1. The third-order valence-electron chi connectivity index (χ3n) is 2.64. The van der Waals surface area contributed by atoms with Gasteiger partial charge in [-0.1, -0.05) is 23.2 Å². The first kappa shape index (κ1) is 14.7. The molecule has 20 heavy (non-hydrogen) atoms. The molecule has 2 rings (SSSR count). The van der Waals surface area contributed by atoms with Crippen molar-refractivity contribution in [1.29, 1.82) is 0 Å². The molecular weight excluding hydrogens is 297 g/mol. The van der Waals surface area contributed by atoms with Crippen LogP contribution in [0.4, 0.5) is 5.69 Å². The molecule has 0 bridgehead atoms. The predicted molar refractivity (Wildman–Crippen MR) is 83.3 cm³/mol. The van der Waals surface area contributed by atoms with Gasteiger partial charge in [-0.05, 0) is 36.4 Å². The third-order valence-corrected chi connectivity index (χ3v) is 3.07. The fourth-order valence-corrected chi connectivity index (χ4v) is 2.21. The Bertz CT molecular complexity index is 622. The van der Waals surface area contributed by atoms with Crippen molar-refractivity contribution in [3.63, 3.8) is 0 Å². The molecule has 0 aliphatic carbocycles. The second-order valence-corrected chi connectivity index (χ2v) is 4.87. The SMILES string of the molecule is COc1ccc(OC)c(C=Nc2cc(Cl)cc(Cl)c2)c1. The van der Waals surface area contributed by atoms with Gasteiger partial charge >= 0.3 is 0 Å². The lowest BCUT2D eigenvalue weighted by atomic mass is 10.2. The van der Waals surface area contributed by atoms with Gasteiger partial charge in [-0.3, -0.25) is 4.99 Å². The summed E-state index contributed by atoms with van der Waals surface area (Å²) in [6.07, 6.45) is 1.68. The van der Waals surface area contributed by atoms with E-state index >= 15 is 0 Å². The molecule has 0 heterocycles. The zero-order valence-electron chi connectivity index (χ0n) is 11.1. The summed E-state index contributed by atoms with van der Waals surface area (Å²) < 4.78 is 10.5. The van der Waals surface area contributed by atoms with Crippen LogP contribution in [-0.4, -0.2) is 20.4 Å². The number of aliphatic imine (C=N–C) groups is 1. The van der Waals surface area contributed by atoms with Crippen LogP contribution in [-0.2, 0) is 0 Å². The Hall–Kier alpha value is -1.71. The van der Waals surface area contributed by atoms with Crippen molar-refractivity contribution < 1.29 is 9.47 Å². The maximum absolute atomic E-state index is 5.94.